The number of nitrogen functional groups attached to an aromatic ring is 1. The van der Waals surface area contributed by atoms with Crippen molar-refractivity contribution in [3.63, 3.8) is 0 Å². The lowest BCUT2D eigenvalue weighted by Gasteiger charge is -2.25. The fourth-order valence-electron chi connectivity index (χ4n) is 2.54. The van der Waals surface area contributed by atoms with Crippen molar-refractivity contribution in [1.29, 1.82) is 0 Å². The van der Waals surface area contributed by atoms with Crippen LogP contribution in [0.2, 0.25) is 0 Å². The molecule has 0 unspecified atom stereocenters. The van der Waals surface area contributed by atoms with Gasteiger partial charge in [0.05, 0.1) is 12.3 Å². The minimum Gasteiger partial charge on any atom is -0.491 e. The molecule has 0 bridgehead atoms. The number of benzene rings is 1. The van der Waals surface area contributed by atoms with Crippen molar-refractivity contribution in [3.8, 4) is 5.75 Å². The van der Waals surface area contributed by atoms with Crippen LogP contribution in [0.3, 0.4) is 0 Å². The highest BCUT2D eigenvalue weighted by atomic mass is 16.5. The fraction of sp³-hybridized carbons (Fsp3) is 0.375. The van der Waals surface area contributed by atoms with Crippen LogP contribution in [0, 0.1) is 6.92 Å². The van der Waals surface area contributed by atoms with E-state index in [9.17, 15) is 0 Å². The summed E-state index contributed by atoms with van der Waals surface area (Å²) in [6.07, 6.45) is 1.71. The van der Waals surface area contributed by atoms with E-state index in [1.165, 1.54) is 0 Å². The standard InChI is InChI=1S/C16H20N4O/c1-3-14-18-15(17)11(2)16(19-14)20-9-6-10-21-13-8-5-4-7-12(13)20/h4-5,7-8H,3,6,9-10H2,1-2H3,(H2,17,18,19). The summed E-state index contributed by atoms with van der Waals surface area (Å²) >= 11 is 0. The maximum absolute atomic E-state index is 6.05. The molecule has 5 heteroatoms. The van der Waals surface area contributed by atoms with Crippen LogP contribution in [0.25, 0.3) is 0 Å². The van der Waals surface area contributed by atoms with E-state index in [0.29, 0.717) is 12.4 Å². The molecule has 0 amide bonds. The van der Waals surface area contributed by atoms with Crippen molar-refractivity contribution in [3.05, 3.63) is 35.7 Å². The lowest BCUT2D eigenvalue weighted by molar-refractivity contribution is 0.322. The van der Waals surface area contributed by atoms with Gasteiger partial charge < -0.3 is 15.4 Å². The molecule has 2 aromatic rings. The normalized spacial score (nSPS) is 14.3. The predicted molar refractivity (Wildman–Crippen MR) is 84.1 cm³/mol. The number of ether oxygens (including phenoxy) is 1. The number of para-hydroxylation sites is 2. The number of aryl methyl sites for hydroxylation is 1. The van der Waals surface area contributed by atoms with E-state index >= 15 is 0 Å². The Morgan fingerprint density at radius 1 is 1.29 bits per heavy atom. The van der Waals surface area contributed by atoms with Gasteiger partial charge in [-0.15, -0.1) is 0 Å². The number of hydrogen-bond acceptors (Lipinski definition) is 5. The fourth-order valence-corrected chi connectivity index (χ4v) is 2.54. The van der Waals surface area contributed by atoms with Gasteiger partial charge in [-0.3, -0.25) is 0 Å². The smallest absolute Gasteiger partial charge is 0.142 e. The maximum atomic E-state index is 6.05. The van der Waals surface area contributed by atoms with E-state index in [0.717, 1.165) is 48.0 Å². The highest BCUT2D eigenvalue weighted by molar-refractivity contribution is 5.71. The van der Waals surface area contributed by atoms with E-state index in [1.54, 1.807) is 0 Å². The molecular formula is C16H20N4O. The first-order valence-corrected chi connectivity index (χ1v) is 7.33. The molecule has 1 aromatic heterocycles. The van der Waals surface area contributed by atoms with Crippen molar-refractivity contribution in [2.75, 3.05) is 23.8 Å². The van der Waals surface area contributed by atoms with Gasteiger partial charge in [-0.2, -0.15) is 0 Å². The van der Waals surface area contributed by atoms with Gasteiger partial charge in [0.15, 0.2) is 0 Å². The van der Waals surface area contributed by atoms with Crippen LogP contribution in [0.15, 0.2) is 24.3 Å². The molecule has 1 aliphatic heterocycles. The van der Waals surface area contributed by atoms with Gasteiger partial charge in [-0.1, -0.05) is 19.1 Å². The largest absolute Gasteiger partial charge is 0.491 e. The average Bonchev–Trinajstić information content (AvgIpc) is 2.72. The van der Waals surface area contributed by atoms with E-state index in [2.05, 4.69) is 16.0 Å². The zero-order valence-corrected chi connectivity index (χ0v) is 12.5. The van der Waals surface area contributed by atoms with Crippen molar-refractivity contribution >= 4 is 17.3 Å². The number of fused-ring (bicyclic) bond motifs is 1. The van der Waals surface area contributed by atoms with Gasteiger partial charge in [0, 0.05) is 18.5 Å². The number of nitrogens with two attached hydrogens (primary N) is 1. The number of nitrogens with zero attached hydrogens (tertiary/aromatic N) is 3. The average molecular weight is 284 g/mol. The summed E-state index contributed by atoms with van der Waals surface area (Å²) in [4.78, 5) is 11.2. The Kier molecular flexibility index (Phi) is 3.64. The third kappa shape index (κ3) is 2.51. The molecule has 21 heavy (non-hydrogen) atoms. The van der Waals surface area contributed by atoms with Gasteiger partial charge in [-0.05, 0) is 25.5 Å². The van der Waals surface area contributed by atoms with Gasteiger partial charge in [0.2, 0.25) is 0 Å². The Balaban J connectivity index is 2.14. The van der Waals surface area contributed by atoms with Crippen LogP contribution >= 0.6 is 0 Å². The Morgan fingerprint density at radius 3 is 2.90 bits per heavy atom. The summed E-state index contributed by atoms with van der Waals surface area (Å²) < 4.78 is 5.81. The Morgan fingerprint density at radius 2 is 2.10 bits per heavy atom. The number of rotatable bonds is 2. The molecule has 5 nitrogen and oxygen atoms in total. The molecular weight excluding hydrogens is 264 g/mol. The van der Waals surface area contributed by atoms with Crippen LogP contribution in [0.4, 0.5) is 17.3 Å². The zero-order valence-electron chi connectivity index (χ0n) is 12.5. The number of aromatic nitrogens is 2. The predicted octanol–water partition coefficient (Wildman–Crippen LogP) is 2.85. The monoisotopic (exact) mass is 284 g/mol. The molecule has 2 heterocycles. The van der Waals surface area contributed by atoms with Crippen molar-refractivity contribution in [1.82, 2.24) is 9.97 Å². The molecule has 1 aliphatic rings. The first kappa shape index (κ1) is 13.7. The molecule has 1 aromatic carbocycles. The minimum atomic E-state index is 0.555. The summed E-state index contributed by atoms with van der Waals surface area (Å²) in [7, 11) is 0. The molecule has 0 atom stereocenters. The Hall–Kier alpha value is -2.30. The molecule has 0 spiro atoms. The number of hydrogen-bond donors (Lipinski definition) is 1. The molecule has 2 N–H and O–H groups in total. The topological polar surface area (TPSA) is 64.3 Å². The van der Waals surface area contributed by atoms with E-state index < -0.39 is 0 Å². The van der Waals surface area contributed by atoms with Crippen LogP contribution in [-0.2, 0) is 6.42 Å². The van der Waals surface area contributed by atoms with Crippen LogP contribution in [0.1, 0.15) is 24.7 Å². The van der Waals surface area contributed by atoms with Crippen LogP contribution in [-0.4, -0.2) is 23.1 Å². The number of anilines is 3. The highest BCUT2D eigenvalue weighted by Crippen LogP contribution is 2.37. The highest BCUT2D eigenvalue weighted by Gasteiger charge is 2.21. The van der Waals surface area contributed by atoms with Crippen molar-refractivity contribution < 1.29 is 4.74 Å². The van der Waals surface area contributed by atoms with Gasteiger partial charge in [0.1, 0.15) is 23.2 Å². The van der Waals surface area contributed by atoms with Crippen molar-refractivity contribution in [2.24, 2.45) is 0 Å². The SMILES string of the molecule is CCc1nc(N)c(C)c(N2CCCOc3ccccc32)n1. The lowest BCUT2D eigenvalue weighted by atomic mass is 10.2. The second-order valence-electron chi connectivity index (χ2n) is 5.15. The molecule has 0 aliphatic carbocycles. The van der Waals surface area contributed by atoms with E-state index in [-0.39, 0.29) is 0 Å². The van der Waals surface area contributed by atoms with Gasteiger partial charge >= 0.3 is 0 Å². The summed E-state index contributed by atoms with van der Waals surface area (Å²) in [6.45, 7) is 5.58. The summed E-state index contributed by atoms with van der Waals surface area (Å²) in [5, 5.41) is 0. The Bertz CT molecular complexity index is 657. The van der Waals surface area contributed by atoms with E-state index in [4.69, 9.17) is 15.5 Å². The zero-order chi connectivity index (χ0) is 14.8. The summed E-state index contributed by atoms with van der Waals surface area (Å²) in [5.41, 5.74) is 8.01. The first-order valence-electron chi connectivity index (χ1n) is 7.33. The first-order chi connectivity index (χ1) is 10.2. The molecule has 0 saturated carbocycles. The second-order valence-corrected chi connectivity index (χ2v) is 5.15. The van der Waals surface area contributed by atoms with Crippen molar-refractivity contribution in [2.45, 2.75) is 26.7 Å². The molecule has 3 rings (SSSR count). The third-order valence-corrected chi connectivity index (χ3v) is 3.72. The second kappa shape index (κ2) is 5.60. The van der Waals surface area contributed by atoms with E-state index in [1.807, 2.05) is 32.0 Å². The molecule has 110 valence electrons. The molecule has 0 fully saturated rings. The van der Waals surface area contributed by atoms with Crippen LogP contribution in [0.5, 0.6) is 5.75 Å². The minimum absolute atomic E-state index is 0.555. The quantitative estimate of drug-likeness (QED) is 0.918. The third-order valence-electron chi connectivity index (χ3n) is 3.72. The van der Waals surface area contributed by atoms with Crippen LogP contribution < -0.4 is 15.4 Å². The Labute approximate surface area is 124 Å². The van der Waals surface area contributed by atoms with Gasteiger partial charge in [0.25, 0.3) is 0 Å². The molecule has 0 radical (unpaired) electrons. The molecule has 0 saturated heterocycles. The maximum Gasteiger partial charge on any atom is 0.142 e. The summed E-state index contributed by atoms with van der Waals surface area (Å²) in [6, 6.07) is 8.06. The van der Waals surface area contributed by atoms with Gasteiger partial charge in [-0.25, -0.2) is 9.97 Å². The summed E-state index contributed by atoms with van der Waals surface area (Å²) in [5.74, 6) is 3.11. The lowest BCUT2D eigenvalue weighted by Crippen LogP contribution is -2.21.